The van der Waals surface area contributed by atoms with E-state index in [1.165, 1.54) is 12.1 Å². The van der Waals surface area contributed by atoms with Gasteiger partial charge in [-0.05, 0) is 47.5 Å². The second kappa shape index (κ2) is 6.76. The third-order valence-electron chi connectivity index (χ3n) is 3.22. The molecule has 0 saturated carbocycles. The fourth-order valence-electron chi connectivity index (χ4n) is 2.16. The first-order valence-corrected chi connectivity index (χ1v) is 6.87. The van der Waals surface area contributed by atoms with Crippen molar-refractivity contribution in [3.63, 3.8) is 0 Å². The van der Waals surface area contributed by atoms with Gasteiger partial charge in [-0.3, -0.25) is 15.7 Å². The highest BCUT2D eigenvalue weighted by atomic mass is 19.1. The van der Waals surface area contributed by atoms with Crippen LogP contribution in [0, 0.1) is 5.82 Å². The monoisotopic (exact) mass is 308 g/mol. The quantitative estimate of drug-likeness (QED) is 0.439. The Labute approximate surface area is 132 Å². The van der Waals surface area contributed by atoms with Crippen molar-refractivity contribution in [1.29, 1.82) is 0 Å². The minimum absolute atomic E-state index is 0.292. The van der Waals surface area contributed by atoms with Gasteiger partial charge in [-0.15, -0.1) is 0 Å². The molecule has 0 spiro atoms. The molecule has 2 heterocycles. The van der Waals surface area contributed by atoms with Gasteiger partial charge >= 0.3 is 0 Å². The second-order valence-electron chi connectivity index (χ2n) is 4.73. The largest absolute Gasteiger partial charge is 0.290 e. The van der Waals surface area contributed by atoms with Gasteiger partial charge in [0.2, 0.25) is 0 Å². The second-order valence-corrected chi connectivity index (χ2v) is 4.73. The molecule has 1 aromatic carbocycles. The summed E-state index contributed by atoms with van der Waals surface area (Å²) in [5.74, 6) is 0.125. The Balaban J connectivity index is 2.11. The van der Waals surface area contributed by atoms with Crippen LogP contribution in [0.4, 0.5) is 10.2 Å². The molecule has 0 amide bonds. The van der Waals surface area contributed by atoms with Crippen LogP contribution in [0.1, 0.15) is 0 Å². The number of halogens is 1. The van der Waals surface area contributed by atoms with Crippen molar-refractivity contribution in [3.8, 4) is 22.4 Å². The third-order valence-corrected chi connectivity index (χ3v) is 3.22. The molecule has 3 aromatic rings. The predicted octanol–water partition coefficient (Wildman–Crippen LogP) is 3.59. The number of aliphatic imine (C=N–C) groups is 1. The first kappa shape index (κ1) is 14.8. The SMILES string of the molecule is ON/C=N/c1cc(-c2ccc(F)cc2)cc(-c2ccncc2)n1. The molecule has 2 N–H and O–H groups in total. The van der Waals surface area contributed by atoms with Crippen LogP contribution in [0.3, 0.4) is 0 Å². The molecule has 0 aliphatic carbocycles. The number of pyridine rings is 2. The van der Waals surface area contributed by atoms with E-state index in [0.29, 0.717) is 11.5 Å². The first-order valence-electron chi connectivity index (χ1n) is 6.87. The van der Waals surface area contributed by atoms with Gasteiger partial charge in [-0.2, -0.15) is 0 Å². The molecule has 0 saturated heterocycles. The van der Waals surface area contributed by atoms with Crippen molar-refractivity contribution in [2.75, 3.05) is 0 Å². The highest BCUT2D eigenvalue weighted by Gasteiger charge is 2.07. The van der Waals surface area contributed by atoms with Crippen molar-refractivity contribution >= 4 is 12.2 Å². The lowest BCUT2D eigenvalue weighted by Crippen LogP contribution is -2.01. The molecule has 0 unspecified atom stereocenters. The number of hydroxylamine groups is 1. The number of nitrogens with zero attached hydrogens (tertiary/aromatic N) is 3. The van der Waals surface area contributed by atoms with Gasteiger partial charge in [0.1, 0.15) is 12.2 Å². The van der Waals surface area contributed by atoms with Gasteiger partial charge in [-0.1, -0.05) is 12.1 Å². The number of hydrogen-bond donors (Lipinski definition) is 2. The molecule has 2 aromatic heterocycles. The Morgan fingerprint density at radius 1 is 0.957 bits per heavy atom. The summed E-state index contributed by atoms with van der Waals surface area (Å²) in [6.07, 6.45) is 4.49. The average Bonchev–Trinajstić information content (AvgIpc) is 2.61. The molecule has 3 rings (SSSR count). The minimum atomic E-state index is -0.292. The molecule has 23 heavy (non-hydrogen) atoms. The van der Waals surface area contributed by atoms with E-state index in [0.717, 1.165) is 23.0 Å². The summed E-state index contributed by atoms with van der Waals surface area (Å²) in [6, 6.07) is 13.5. The summed E-state index contributed by atoms with van der Waals surface area (Å²) in [5, 5.41) is 8.65. The Morgan fingerprint density at radius 3 is 2.39 bits per heavy atom. The Kier molecular flexibility index (Phi) is 4.35. The topological polar surface area (TPSA) is 70.4 Å². The highest BCUT2D eigenvalue weighted by molar-refractivity contribution is 5.74. The van der Waals surface area contributed by atoms with Crippen molar-refractivity contribution in [2.24, 2.45) is 4.99 Å². The first-order chi connectivity index (χ1) is 11.3. The van der Waals surface area contributed by atoms with E-state index in [1.54, 1.807) is 30.6 Å². The van der Waals surface area contributed by atoms with Gasteiger partial charge < -0.3 is 0 Å². The molecule has 0 atom stereocenters. The number of hydrogen-bond acceptors (Lipinski definition) is 4. The van der Waals surface area contributed by atoms with Gasteiger partial charge in [-0.25, -0.2) is 14.4 Å². The van der Waals surface area contributed by atoms with Crippen LogP contribution in [-0.2, 0) is 0 Å². The molecule has 0 fully saturated rings. The maximum atomic E-state index is 13.1. The Hall–Kier alpha value is -3.12. The summed E-state index contributed by atoms with van der Waals surface area (Å²) in [7, 11) is 0. The van der Waals surface area contributed by atoms with E-state index in [1.807, 2.05) is 23.7 Å². The summed E-state index contributed by atoms with van der Waals surface area (Å²) < 4.78 is 13.1. The van der Waals surface area contributed by atoms with Crippen LogP contribution in [0.2, 0.25) is 0 Å². The van der Waals surface area contributed by atoms with Gasteiger partial charge in [0.15, 0.2) is 5.82 Å². The van der Waals surface area contributed by atoms with E-state index in [4.69, 9.17) is 5.21 Å². The molecule has 5 nitrogen and oxygen atoms in total. The van der Waals surface area contributed by atoms with E-state index in [-0.39, 0.29) is 5.82 Å². The zero-order chi connectivity index (χ0) is 16.1. The van der Waals surface area contributed by atoms with E-state index in [9.17, 15) is 4.39 Å². The van der Waals surface area contributed by atoms with Crippen molar-refractivity contribution in [2.45, 2.75) is 0 Å². The van der Waals surface area contributed by atoms with Crippen LogP contribution in [0.5, 0.6) is 0 Å². The smallest absolute Gasteiger partial charge is 0.154 e. The summed E-state index contributed by atoms with van der Waals surface area (Å²) in [4.78, 5) is 12.5. The molecule has 114 valence electrons. The zero-order valence-electron chi connectivity index (χ0n) is 12.0. The standard InChI is InChI=1S/C17H13FN4O/c18-15-3-1-12(2-4-15)14-9-16(13-5-7-19-8-6-13)22-17(10-14)20-11-21-23/h1-11,23H,(H,20,21,22). The van der Waals surface area contributed by atoms with Crippen LogP contribution in [-0.4, -0.2) is 21.5 Å². The molecule has 6 heteroatoms. The lowest BCUT2D eigenvalue weighted by atomic mass is 10.0. The lowest BCUT2D eigenvalue weighted by molar-refractivity contribution is 0.240. The molecular formula is C17H13FN4O. The maximum Gasteiger partial charge on any atom is 0.154 e. The van der Waals surface area contributed by atoms with Crippen LogP contribution < -0.4 is 5.48 Å². The number of rotatable bonds is 4. The van der Waals surface area contributed by atoms with E-state index < -0.39 is 0 Å². The van der Waals surface area contributed by atoms with E-state index >= 15 is 0 Å². The van der Waals surface area contributed by atoms with Crippen molar-refractivity contribution < 1.29 is 9.60 Å². The molecule has 0 radical (unpaired) electrons. The van der Waals surface area contributed by atoms with Crippen molar-refractivity contribution in [3.05, 3.63) is 66.7 Å². The molecule has 0 bridgehead atoms. The molecule has 0 aliphatic rings. The van der Waals surface area contributed by atoms with Gasteiger partial charge in [0.05, 0.1) is 5.69 Å². The summed E-state index contributed by atoms with van der Waals surface area (Å²) in [6.45, 7) is 0. The van der Waals surface area contributed by atoms with Crippen LogP contribution >= 0.6 is 0 Å². The average molecular weight is 308 g/mol. The lowest BCUT2D eigenvalue weighted by Gasteiger charge is -2.07. The minimum Gasteiger partial charge on any atom is -0.290 e. The maximum absolute atomic E-state index is 13.1. The number of benzene rings is 1. The van der Waals surface area contributed by atoms with Gasteiger partial charge in [0, 0.05) is 18.0 Å². The number of aromatic nitrogens is 2. The summed E-state index contributed by atoms with van der Waals surface area (Å²) in [5.41, 5.74) is 5.13. The fourth-order valence-corrected chi connectivity index (χ4v) is 2.16. The molecular weight excluding hydrogens is 295 g/mol. The van der Waals surface area contributed by atoms with Crippen LogP contribution in [0.25, 0.3) is 22.4 Å². The third kappa shape index (κ3) is 3.56. The van der Waals surface area contributed by atoms with E-state index in [2.05, 4.69) is 15.0 Å². The van der Waals surface area contributed by atoms with Crippen LogP contribution in [0.15, 0.2) is 65.9 Å². The fraction of sp³-hybridized carbons (Fsp3) is 0. The summed E-state index contributed by atoms with van der Waals surface area (Å²) >= 11 is 0. The Morgan fingerprint density at radius 2 is 1.70 bits per heavy atom. The Bertz CT molecular complexity index is 820. The van der Waals surface area contributed by atoms with Crippen molar-refractivity contribution in [1.82, 2.24) is 15.4 Å². The molecule has 0 aliphatic heterocycles. The van der Waals surface area contributed by atoms with Gasteiger partial charge in [0.25, 0.3) is 0 Å². The predicted molar refractivity (Wildman–Crippen MR) is 85.9 cm³/mol. The highest BCUT2D eigenvalue weighted by Crippen LogP contribution is 2.28. The zero-order valence-corrected chi connectivity index (χ0v) is 12.0. The number of nitrogens with one attached hydrogen (secondary N) is 1. The normalized spacial score (nSPS) is 10.9.